The van der Waals surface area contributed by atoms with Crippen LogP contribution in [0.3, 0.4) is 0 Å². The molecule has 1 atom stereocenters. The molecule has 0 radical (unpaired) electrons. The number of aromatic nitrogens is 4. The highest BCUT2D eigenvalue weighted by molar-refractivity contribution is 6.31. The highest BCUT2D eigenvalue weighted by Gasteiger charge is 2.47. The summed E-state index contributed by atoms with van der Waals surface area (Å²) in [6.45, 7) is 5.67. The Morgan fingerprint density at radius 2 is 1.84 bits per heavy atom. The van der Waals surface area contributed by atoms with Gasteiger partial charge in [0.15, 0.2) is 11.5 Å². The van der Waals surface area contributed by atoms with Crippen molar-refractivity contribution in [3.63, 3.8) is 0 Å². The first-order valence-electron chi connectivity index (χ1n) is 20.4. The molecule has 5 fully saturated rings. The van der Waals surface area contributed by atoms with Gasteiger partial charge in [-0.3, -0.25) is 24.5 Å². The number of carbonyl (C=O) groups excluding carboxylic acids is 3. The molecule has 16 heteroatoms. The van der Waals surface area contributed by atoms with Crippen LogP contribution in [0.25, 0.3) is 10.9 Å². The number of halogens is 1. The second-order valence-electron chi connectivity index (χ2n) is 16.4. The fourth-order valence-corrected chi connectivity index (χ4v) is 9.47. The van der Waals surface area contributed by atoms with E-state index in [9.17, 15) is 14.4 Å². The van der Waals surface area contributed by atoms with Crippen LogP contribution in [-0.2, 0) is 9.53 Å². The number of nitrogens with zero attached hydrogens (tertiary/aromatic N) is 8. The molecule has 4 saturated heterocycles. The molecule has 58 heavy (non-hydrogen) atoms. The fraction of sp³-hybridized carbons (Fsp3) is 0.500. The van der Waals surface area contributed by atoms with Crippen molar-refractivity contribution >= 4 is 51.9 Å². The van der Waals surface area contributed by atoms with Crippen LogP contribution in [0.5, 0.6) is 5.75 Å². The average Bonchev–Trinajstić information content (AvgIpc) is 3.66. The topological polar surface area (TPSA) is 171 Å². The van der Waals surface area contributed by atoms with Gasteiger partial charge in [-0.15, -0.1) is 10.2 Å². The SMILES string of the molecule is N#Cc1ccc(O[C@H]2CC[C@H](NC(=O)c3ccc(N4CC5(CCC(CN6CCC(n7ncc8c(N9CCC(=O)NC9=O)cccc87)CC6)CO5)C4)nn3)CC2)cc1Cl. The monoisotopic (exact) mass is 806 g/mol. The third-order valence-electron chi connectivity index (χ3n) is 12.6. The number of carbonyl (C=O) groups is 3. The lowest BCUT2D eigenvalue weighted by Crippen LogP contribution is -2.65. The molecule has 5 aliphatic rings. The molecule has 4 aliphatic heterocycles. The Morgan fingerprint density at radius 3 is 2.55 bits per heavy atom. The Kier molecular flexibility index (Phi) is 10.6. The minimum atomic E-state index is -0.383. The number of ether oxygens (including phenoxy) is 2. The van der Waals surface area contributed by atoms with Crippen LogP contribution in [0.4, 0.5) is 16.3 Å². The van der Waals surface area contributed by atoms with Crippen molar-refractivity contribution in [3.8, 4) is 11.8 Å². The molecule has 2 N–H and O–H groups in total. The molecule has 2 aromatic carbocycles. The van der Waals surface area contributed by atoms with Crippen LogP contribution in [-0.4, -0.2) is 106 Å². The third kappa shape index (κ3) is 7.93. The van der Waals surface area contributed by atoms with Gasteiger partial charge in [-0.25, -0.2) is 4.79 Å². The summed E-state index contributed by atoms with van der Waals surface area (Å²) >= 11 is 6.15. The molecule has 1 spiro atoms. The maximum atomic E-state index is 13.0. The maximum Gasteiger partial charge on any atom is 0.328 e. The van der Waals surface area contributed by atoms with Gasteiger partial charge in [0, 0.05) is 50.1 Å². The summed E-state index contributed by atoms with van der Waals surface area (Å²) in [6, 6.07) is 16.7. The minimum absolute atomic E-state index is 0.0278. The number of hydrogen-bond donors (Lipinski definition) is 2. The van der Waals surface area contributed by atoms with Crippen LogP contribution in [0.2, 0.25) is 5.02 Å². The number of hydrogen-bond acceptors (Lipinski definition) is 11. The van der Waals surface area contributed by atoms with E-state index in [0.29, 0.717) is 34.5 Å². The summed E-state index contributed by atoms with van der Waals surface area (Å²) in [7, 11) is 0. The molecule has 6 heterocycles. The lowest BCUT2D eigenvalue weighted by molar-refractivity contribution is -0.120. The zero-order valence-electron chi connectivity index (χ0n) is 32.3. The number of anilines is 2. The fourth-order valence-electron chi connectivity index (χ4n) is 9.26. The van der Waals surface area contributed by atoms with E-state index in [1.165, 1.54) is 0 Å². The summed E-state index contributed by atoms with van der Waals surface area (Å²) < 4.78 is 14.7. The Labute approximate surface area is 341 Å². The number of piperidine rings is 1. The van der Waals surface area contributed by atoms with Crippen molar-refractivity contribution in [3.05, 3.63) is 71.0 Å². The quantitative estimate of drug-likeness (QED) is 0.227. The summed E-state index contributed by atoms with van der Waals surface area (Å²) in [5.41, 5.74) is 2.37. The largest absolute Gasteiger partial charge is 0.490 e. The zero-order valence-corrected chi connectivity index (χ0v) is 33.1. The van der Waals surface area contributed by atoms with Gasteiger partial charge >= 0.3 is 6.03 Å². The molecule has 15 nitrogen and oxygen atoms in total. The first-order chi connectivity index (χ1) is 28.2. The molecule has 2 aromatic heterocycles. The second-order valence-corrected chi connectivity index (χ2v) is 16.8. The van der Waals surface area contributed by atoms with Crippen molar-refractivity contribution in [1.82, 2.24) is 35.5 Å². The third-order valence-corrected chi connectivity index (χ3v) is 12.9. The first-order valence-corrected chi connectivity index (χ1v) is 20.8. The zero-order chi connectivity index (χ0) is 39.8. The molecule has 1 aliphatic carbocycles. The van der Waals surface area contributed by atoms with Crippen molar-refractivity contribution in [1.29, 1.82) is 5.26 Å². The summed E-state index contributed by atoms with van der Waals surface area (Å²) in [5.74, 6) is 1.44. The molecule has 1 saturated carbocycles. The number of fused-ring (bicyclic) bond motifs is 1. The van der Waals surface area contributed by atoms with Gasteiger partial charge in [0.1, 0.15) is 17.4 Å². The Balaban J connectivity index is 0.690. The Bertz CT molecular complexity index is 2210. The van der Waals surface area contributed by atoms with E-state index in [4.69, 9.17) is 31.4 Å². The second kappa shape index (κ2) is 16.2. The lowest BCUT2D eigenvalue weighted by Gasteiger charge is -2.53. The first kappa shape index (κ1) is 38.2. The van der Waals surface area contributed by atoms with Gasteiger partial charge in [0.05, 0.1) is 59.8 Å². The van der Waals surface area contributed by atoms with Crippen molar-refractivity contribution in [2.24, 2.45) is 5.92 Å². The maximum absolute atomic E-state index is 13.0. The highest BCUT2D eigenvalue weighted by atomic mass is 35.5. The summed E-state index contributed by atoms with van der Waals surface area (Å²) in [4.78, 5) is 43.6. The van der Waals surface area contributed by atoms with E-state index in [-0.39, 0.29) is 48.1 Å². The van der Waals surface area contributed by atoms with Crippen LogP contribution in [0.15, 0.2) is 54.7 Å². The number of likely N-dealkylation sites (tertiary alicyclic amines) is 1. The number of nitrogens with one attached hydrogen (secondary N) is 2. The van der Waals surface area contributed by atoms with Crippen LogP contribution in [0.1, 0.15) is 79.9 Å². The number of amides is 4. The molecule has 302 valence electrons. The van der Waals surface area contributed by atoms with Crippen molar-refractivity contribution in [2.75, 3.05) is 55.7 Å². The molecule has 4 aromatic rings. The Morgan fingerprint density at radius 1 is 1.02 bits per heavy atom. The van der Waals surface area contributed by atoms with Gasteiger partial charge in [0.2, 0.25) is 5.91 Å². The van der Waals surface area contributed by atoms with E-state index in [1.807, 2.05) is 24.4 Å². The molecular formula is C42H47ClN10O5. The summed E-state index contributed by atoms with van der Waals surface area (Å²) in [6.07, 6.45) is 9.49. The predicted octanol–water partition coefficient (Wildman–Crippen LogP) is 5.24. The van der Waals surface area contributed by atoms with Gasteiger partial charge in [-0.05, 0) is 93.7 Å². The van der Waals surface area contributed by atoms with E-state index >= 15 is 0 Å². The van der Waals surface area contributed by atoms with Crippen LogP contribution >= 0.6 is 11.6 Å². The van der Waals surface area contributed by atoms with Crippen LogP contribution < -0.4 is 25.2 Å². The van der Waals surface area contributed by atoms with Gasteiger partial charge < -0.3 is 24.6 Å². The van der Waals surface area contributed by atoms with E-state index in [2.05, 4.69) is 47.4 Å². The van der Waals surface area contributed by atoms with Gasteiger partial charge in [-0.2, -0.15) is 10.4 Å². The smallest absolute Gasteiger partial charge is 0.328 e. The Hall–Kier alpha value is -5.30. The number of rotatable bonds is 9. The van der Waals surface area contributed by atoms with Crippen molar-refractivity contribution in [2.45, 2.75) is 81.6 Å². The van der Waals surface area contributed by atoms with Gasteiger partial charge in [0.25, 0.3) is 5.91 Å². The number of benzene rings is 2. The highest BCUT2D eigenvalue weighted by Crippen LogP contribution is 2.39. The van der Waals surface area contributed by atoms with E-state index < -0.39 is 0 Å². The molecule has 9 rings (SSSR count). The molecule has 1 unspecified atom stereocenters. The standard InChI is InChI=1S/C42H47ClN10O5/c43-34-20-32(7-4-28(34)21-44)58-31-8-5-29(6-9-31)46-40(55)35-10-11-38(49-48-35)51-25-42(26-51)16-12-27(24-57-42)23-50-17-13-30(14-18-50)53-37-3-1-2-36(33(37)22-45-53)52-19-15-39(54)47-41(52)56/h1-4,7,10-11,20,22,27,29-31H,5-6,8-9,12-19,23-26H2,(H,46,55)(H,47,54,56)/t27?,29-,31-. The normalized spacial score (nSPS) is 24.0. The lowest BCUT2D eigenvalue weighted by atomic mass is 9.82. The number of urea groups is 1. The molecule has 0 bridgehead atoms. The number of imide groups is 1. The number of nitriles is 1. The average molecular weight is 807 g/mol. The van der Waals surface area contributed by atoms with Gasteiger partial charge in [-0.1, -0.05) is 17.7 Å². The van der Waals surface area contributed by atoms with E-state index in [1.54, 1.807) is 29.2 Å². The predicted molar refractivity (Wildman–Crippen MR) is 216 cm³/mol. The van der Waals surface area contributed by atoms with Crippen molar-refractivity contribution < 1.29 is 23.9 Å². The summed E-state index contributed by atoms with van der Waals surface area (Å²) in [5, 5.41) is 29.4. The van der Waals surface area contributed by atoms with Crippen LogP contribution in [0, 0.1) is 17.2 Å². The molecule has 4 amide bonds. The molecular weight excluding hydrogens is 760 g/mol. The minimum Gasteiger partial charge on any atom is -0.490 e. The van der Waals surface area contributed by atoms with E-state index in [0.717, 1.165) is 113 Å².